The van der Waals surface area contributed by atoms with Crippen LogP contribution in [0, 0.1) is 11.6 Å². The standard InChI is InChI=1S/C23H20F2N6O2/c24-18-9-14-8-17(22(32)27-20(14)10-19(18)25)21-12-31(29-28-21)16-5-3-13(4-6-16)23(33)30-7-1-2-15(26)11-30/h3-6,8-10,12,15H,1-2,7,11,26H2,(H,27,32). The number of halogens is 2. The predicted molar refractivity (Wildman–Crippen MR) is 118 cm³/mol. The monoisotopic (exact) mass is 450 g/mol. The largest absolute Gasteiger partial charge is 0.337 e. The Labute approximate surface area is 186 Å². The van der Waals surface area contributed by atoms with Crippen LogP contribution in [0.4, 0.5) is 8.78 Å². The molecule has 33 heavy (non-hydrogen) atoms. The average Bonchev–Trinajstić information content (AvgIpc) is 3.29. The van der Waals surface area contributed by atoms with Gasteiger partial charge in [-0.2, -0.15) is 0 Å². The molecule has 0 aliphatic carbocycles. The van der Waals surface area contributed by atoms with Crippen LogP contribution in [0.5, 0.6) is 0 Å². The third-order valence-electron chi connectivity index (χ3n) is 5.78. The molecule has 0 saturated carbocycles. The van der Waals surface area contributed by atoms with Crippen molar-refractivity contribution < 1.29 is 13.6 Å². The van der Waals surface area contributed by atoms with Gasteiger partial charge in [-0.25, -0.2) is 13.5 Å². The Morgan fingerprint density at radius 2 is 1.88 bits per heavy atom. The number of hydrogen-bond donors (Lipinski definition) is 2. The van der Waals surface area contributed by atoms with Crippen LogP contribution in [0.3, 0.4) is 0 Å². The van der Waals surface area contributed by atoms with Gasteiger partial charge < -0.3 is 15.6 Å². The highest BCUT2D eigenvalue weighted by molar-refractivity contribution is 5.94. The van der Waals surface area contributed by atoms with E-state index in [4.69, 9.17) is 5.73 Å². The molecule has 4 aromatic rings. The van der Waals surface area contributed by atoms with E-state index in [1.807, 2.05) is 0 Å². The Morgan fingerprint density at radius 1 is 1.12 bits per heavy atom. The molecule has 0 spiro atoms. The van der Waals surface area contributed by atoms with Crippen LogP contribution in [-0.2, 0) is 0 Å². The molecule has 1 aliphatic rings. The highest BCUT2D eigenvalue weighted by atomic mass is 19.2. The lowest BCUT2D eigenvalue weighted by Gasteiger charge is -2.30. The summed E-state index contributed by atoms with van der Waals surface area (Å²) in [6.07, 6.45) is 3.36. The van der Waals surface area contributed by atoms with Gasteiger partial charge in [0.05, 0.1) is 23.0 Å². The fourth-order valence-corrected chi connectivity index (χ4v) is 4.04. The summed E-state index contributed by atoms with van der Waals surface area (Å²) in [6, 6.07) is 10.3. The number of piperidine rings is 1. The minimum atomic E-state index is -1.04. The van der Waals surface area contributed by atoms with Crippen LogP contribution in [0.2, 0.25) is 0 Å². The molecule has 8 nitrogen and oxygen atoms in total. The van der Waals surface area contributed by atoms with Crippen LogP contribution >= 0.6 is 0 Å². The maximum atomic E-state index is 13.6. The molecule has 168 valence electrons. The quantitative estimate of drug-likeness (QED) is 0.499. The second-order valence-corrected chi connectivity index (χ2v) is 8.11. The summed E-state index contributed by atoms with van der Waals surface area (Å²) in [7, 11) is 0. The highest BCUT2D eigenvalue weighted by Crippen LogP contribution is 2.21. The van der Waals surface area contributed by atoms with Gasteiger partial charge in [0.1, 0.15) is 5.69 Å². The molecule has 1 unspecified atom stereocenters. The number of fused-ring (bicyclic) bond motifs is 1. The Morgan fingerprint density at radius 3 is 2.64 bits per heavy atom. The molecule has 0 bridgehead atoms. The third-order valence-corrected chi connectivity index (χ3v) is 5.78. The molecule has 1 amide bonds. The Kier molecular flexibility index (Phi) is 5.21. The van der Waals surface area contributed by atoms with Crippen molar-refractivity contribution in [3.05, 3.63) is 76.2 Å². The molecule has 10 heteroatoms. The molecule has 2 aromatic heterocycles. The van der Waals surface area contributed by atoms with Crippen LogP contribution in [0.15, 0.2) is 53.5 Å². The normalized spacial score (nSPS) is 16.3. The molecular formula is C23H20F2N6O2. The summed E-state index contributed by atoms with van der Waals surface area (Å²) in [5, 5.41) is 8.44. The molecule has 1 aliphatic heterocycles. The lowest BCUT2D eigenvalue weighted by Crippen LogP contribution is -2.45. The molecule has 1 fully saturated rings. The Hall–Kier alpha value is -3.92. The molecule has 3 N–H and O–H groups in total. The number of nitrogens with two attached hydrogens (primary N) is 1. The predicted octanol–water partition coefficient (Wildman–Crippen LogP) is 2.62. The van der Waals surface area contributed by atoms with E-state index in [0.29, 0.717) is 29.7 Å². The number of aromatic amines is 1. The zero-order chi connectivity index (χ0) is 23.1. The number of nitrogens with one attached hydrogen (secondary N) is 1. The van der Waals surface area contributed by atoms with Crippen LogP contribution in [0.1, 0.15) is 23.2 Å². The first-order valence-corrected chi connectivity index (χ1v) is 10.5. The van der Waals surface area contributed by atoms with Gasteiger partial charge in [0.25, 0.3) is 11.5 Å². The number of aromatic nitrogens is 4. The minimum Gasteiger partial charge on any atom is -0.337 e. The maximum Gasteiger partial charge on any atom is 0.258 e. The number of amides is 1. The van der Waals surface area contributed by atoms with Crippen LogP contribution in [-0.4, -0.2) is 49.9 Å². The molecule has 5 rings (SSSR count). The number of rotatable bonds is 3. The summed E-state index contributed by atoms with van der Waals surface area (Å²) < 4.78 is 28.5. The van der Waals surface area contributed by atoms with Crippen molar-refractivity contribution in [2.24, 2.45) is 5.73 Å². The topological polar surface area (TPSA) is 110 Å². The summed E-state index contributed by atoms with van der Waals surface area (Å²) in [5.41, 5.74) is 7.30. The number of benzene rings is 2. The number of carbonyl (C=O) groups is 1. The maximum absolute atomic E-state index is 13.6. The van der Waals surface area contributed by atoms with Gasteiger partial charge in [0, 0.05) is 36.1 Å². The third kappa shape index (κ3) is 4.00. The Balaban J connectivity index is 1.41. The van der Waals surface area contributed by atoms with Crippen molar-refractivity contribution in [3.8, 4) is 16.9 Å². The number of likely N-dealkylation sites (tertiary alicyclic amines) is 1. The number of H-pyrrole nitrogens is 1. The van der Waals surface area contributed by atoms with E-state index in [0.717, 1.165) is 25.0 Å². The van der Waals surface area contributed by atoms with Gasteiger partial charge in [-0.3, -0.25) is 9.59 Å². The summed E-state index contributed by atoms with van der Waals surface area (Å²) in [4.78, 5) is 29.5. The zero-order valence-corrected chi connectivity index (χ0v) is 17.5. The van der Waals surface area contributed by atoms with Crippen LogP contribution < -0.4 is 11.3 Å². The SMILES string of the molecule is NC1CCCN(C(=O)c2ccc(-n3cc(-c4cc5cc(F)c(F)cc5[nH]c4=O)nn3)cc2)C1. The van der Waals surface area contributed by atoms with E-state index >= 15 is 0 Å². The highest BCUT2D eigenvalue weighted by Gasteiger charge is 2.22. The second-order valence-electron chi connectivity index (χ2n) is 8.11. The van der Waals surface area contributed by atoms with E-state index in [9.17, 15) is 18.4 Å². The number of nitrogens with zero attached hydrogens (tertiary/aromatic N) is 4. The van der Waals surface area contributed by atoms with Gasteiger partial charge in [0.15, 0.2) is 11.6 Å². The van der Waals surface area contributed by atoms with Crippen molar-refractivity contribution >= 4 is 16.8 Å². The number of pyridine rings is 1. The van der Waals surface area contributed by atoms with Crippen molar-refractivity contribution in [3.63, 3.8) is 0 Å². The molecular weight excluding hydrogens is 430 g/mol. The zero-order valence-electron chi connectivity index (χ0n) is 17.5. The van der Waals surface area contributed by atoms with Crippen LogP contribution in [0.25, 0.3) is 27.8 Å². The smallest absolute Gasteiger partial charge is 0.258 e. The second kappa shape index (κ2) is 8.21. The van der Waals surface area contributed by atoms with Crippen molar-refractivity contribution in [2.45, 2.75) is 18.9 Å². The van der Waals surface area contributed by atoms with E-state index in [1.165, 1.54) is 10.7 Å². The number of hydrogen-bond acceptors (Lipinski definition) is 5. The first kappa shape index (κ1) is 21.0. The summed E-state index contributed by atoms with van der Waals surface area (Å²) in [5.74, 6) is -2.12. The van der Waals surface area contributed by atoms with Gasteiger partial charge in [-0.1, -0.05) is 5.21 Å². The average molecular weight is 450 g/mol. The molecule has 1 atom stereocenters. The van der Waals surface area contributed by atoms with Crippen molar-refractivity contribution in [2.75, 3.05) is 13.1 Å². The summed E-state index contributed by atoms with van der Waals surface area (Å²) >= 11 is 0. The van der Waals surface area contributed by atoms with E-state index in [1.54, 1.807) is 35.4 Å². The molecule has 2 aromatic carbocycles. The molecule has 1 saturated heterocycles. The lowest BCUT2D eigenvalue weighted by atomic mass is 10.1. The van der Waals surface area contributed by atoms with Crippen molar-refractivity contribution in [1.29, 1.82) is 0 Å². The first-order chi connectivity index (χ1) is 15.9. The number of carbonyl (C=O) groups excluding carboxylic acids is 1. The van der Waals surface area contributed by atoms with E-state index in [2.05, 4.69) is 15.3 Å². The molecule has 3 heterocycles. The van der Waals surface area contributed by atoms with E-state index in [-0.39, 0.29) is 28.7 Å². The van der Waals surface area contributed by atoms with Gasteiger partial charge in [-0.15, -0.1) is 5.10 Å². The first-order valence-electron chi connectivity index (χ1n) is 10.5. The van der Waals surface area contributed by atoms with Gasteiger partial charge in [0.2, 0.25) is 0 Å². The van der Waals surface area contributed by atoms with Gasteiger partial charge >= 0.3 is 0 Å². The fourth-order valence-electron chi connectivity index (χ4n) is 4.04. The lowest BCUT2D eigenvalue weighted by molar-refractivity contribution is 0.0709. The summed E-state index contributed by atoms with van der Waals surface area (Å²) in [6.45, 7) is 1.24. The van der Waals surface area contributed by atoms with E-state index < -0.39 is 17.2 Å². The minimum absolute atomic E-state index is 0.00400. The van der Waals surface area contributed by atoms with Gasteiger partial charge in [-0.05, 0) is 49.2 Å². The van der Waals surface area contributed by atoms with Crippen molar-refractivity contribution in [1.82, 2.24) is 24.9 Å². The molecule has 0 radical (unpaired) electrons. The fraction of sp³-hybridized carbons (Fsp3) is 0.217. The Bertz CT molecular complexity index is 1410.